The second kappa shape index (κ2) is 9.04. The van der Waals surface area contributed by atoms with E-state index >= 15 is 0 Å². The van der Waals surface area contributed by atoms with E-state index in [-0.39, 0.29) is 0 Å². The lowest BCUT2D eigenvalue weighted by Crippen LogP contribution is -2.25. The van der Waals surface area contributed by atoms with Crippen LogP contribution in [0.4, 0.5) is 5.82 Å². The van der Waals surface area contributed by atoms with Crippen LogP contribution in [0.25, 0.3) is 0 Å². The first-order valence-electron chi connectivity index (χ1n) is 8.74. The zero-order valence-electron chi connectivity index (χ0n) is 13.8. The van der Waals surface area contributed by atoms with Crippen molar-refractivity contribution < 1.29 is 0 Å². The molecule has 0 aromatic carbocycles. The van der Waals surface area contributed by atoms with Gasteiger partial charge in [-0.05, 0) is 55.8 Å². The van der Waals surface area contributed by atoms with Gasteiger partial charge in [-0.2, -0.15) is 0 Å². The summed E-state index contributed by atoms with van der Waals surface area (Å²) in [6, 6.07) is 4.40. The summed E-state index contributed by atoms with van der Waals surface area (Å²) >= 11 is 0. The molecule has 1 fully saturated rings. The molecule has 3 heteroatoms. The van der Waals surface area contributed by atoms with Crippen LogP contribution >= 0.6 is 0 Å². The van der Waals surface area contributed by atoms with E-state index in [2.05, 4.69) is 41.2 Å². The lowest BCUT2D eigenvalue weighted by atomic mass is 9.96. The lowest BCUT2D eigenvalue weighted by Gasteiger charge is -2.22. The predicted molar refractivity (Wildman–Crippen MR) is 90.7 cm³/mol. The fraction of sp³-hybridized carbons (Fsp3) is 0.722. The van der Waals surface area contributed by atoms with Gasteiger partial charge in [0.1, 0.15) is 5.82 Å². The average Bonchev–Trinajstić information content (AvgIpc) is 2.74. The Bertz CT molecular complexity index is 405. The van der Waals surface area contributed by atoms with Crippen molar-refractivity contribution in [3.05, 3.63) is 23.9 Å². The molecule has 1 N–H and O–H groups in total. The highest BCUT2D eigenvalue weighted by Crippen LogP contribution is 2.24. The van der Waals surface area contributed by atoms with Gasteiger partial charge in [0.05, 0.1) is 0 Å². The van der Waals surface area contributed by atoms with Crippen molar-refractivity contribution >= 4 is 5.82 Å². The van der Waals surface area contributed by atoms with Gasteiger partial charge in [0.25, 0.3) is 0 Å². The van der Waals surface area contributed by atoms with Crippen molar-refractivity contribution in [2.45, 2.75) is 58.9 Å². The fourth-order valence-electron chi connectivity index (χ4n) is 3.24. The molecule has 0 bridgehead atoms. The second-order valence-corrected chi connectivity index (χ2v) is 6.27. The molecule has 118 valence electrons. The predicted octanol–water partition coefficient (Wildman–Crippen LogP) is 3.99. The van der Waals surface area contributed by atoms with Gasteiger partial charge in [0.15, 0.2) is 0 Å². The molecule has 1 aliphatic heterocycles. The van der Waals surface area contributed by atoms with E-state index < -0.39 is 0 Å². The molecule has 21 heavy (non-hydrogen) atoms. The minimum atomic E-state index is 0.925. The molecule has 1 unspecified atom stereocenters. The molecule has 2 rings (SSSR count). The monoisotopic (exact) mass is 289 g/mol. The van der Waals surface area contributed by atoms with Crippen molar-refractivity contribution in [2.75, 3.05) is 24.5 Å². The van der Waals surface area contributed by atoms with Crippen molar-refractivity contribution in [3.8, 4) is 0 Å². The van der Waals surface area contributed by atoms with Crippen LogP contribution in [0, 0.1) is 5.92 Å². The molecule has 0 aliphatic carbocycles. The third kappa shape index (κ3) is 5.31. The SMILES string of the molecule is CCCNCc1ccnc(N2CCCC(CCC)CC2)c1. The van der Waals surface area contributed by atoms with Crippen molar-refractivity contribution in [1.29, 1.82) is 0 Å². The normalized spacial score (nSPS) is 19.5. The Balaban J connectivity index is 1.92. The molecule has 2 heterocycles. The van der Waals surface area contributed by atoms with Crippen LogP contribution in [0.5, 0.6) is 0 Å². The van der Waals surface area contributed by atoms with Gasteiger partial charge in [0.2, 0.25) is 0 Å². The van der Waals surface area contributed by atoms with Gasteiger partial charge in [-0.15, -0.1) is 0 Å². The fourth-order valence-corrected chi connectivity index (χ4v) is 3.24. The summed E-state index contributed by atoms with van der Waals surface area (Å²) in [5, 5.41) is 3.47. The summed E-state index contributed by atoms with van der Waals surface area (Å²) in [7, 11) is 0. The van der Waals surface area contributed by atoms with Crippen molar-refractivity contribution in [1.82, 2.24) is 10.3 Å². The van der Waals surface area contributed by atoms with Crippen LogP contribution in [0.15, 0.2) is 18.3 Å². The van der Waals surface area contributed by atoms with E-state index in [9.17, 15) is 0 Å². The summed E-state index contributed by atoms with van der Waals surface area (Å²) in [6.07, 6.45) is 9.89. The molecule has 3 nitrogen and oxygen atoms in total. The maximum atomic E-state index is 4.60. The van der Waals surface area contributed by atoms with E-state index in [1.54, 1.807) is 0 Å². The van der Waals surface area contributed by atoms with Gasteiger partial charge in [-0.3, -0.25) is 0 Å². The minimum absolute atomic E-state index is 0.925. The molecule has 1 atom stereocenters. The molecule has 0 radical (unpaired) electrons. The van der Waals surface area contributed by atoms with Gasteiger partial charge >= 0.3 is 0 Å². The van der Waals surface area contributed by atoms with Crippen molar-refractivity contribution in [2.24, 2.45) is 5.92 Å². The lowest BCUT2D eigenvalue weighted by molar-refractivity contribution is 0.435. The molecule has 1 aliphatic rings. The maximum Gasteiger partial charge on any atom is 0.128 e. The summed E-state index contributed by atoms with van der Waals surface area (Å²) in [5.41, 5.74) is 1.35. The molecular formula is C18H31N3. The molecule has 1 aromatic rings. The number of hydrogen-bond acceptors (Lipinski definition) is 3. The van der Waals surface area contributed by atoms with Crippen LogP contribution in [-0.2, 0) is 6.54 Å². The Hall–Kier alpha value is -1.09. The van der Waals surface area contributed by atoms with Crippen LogP contribution in [-0.4, -0.2) is 24.6 Å². The number of rotatable bonds is 7. The highest BCUT2D eigenvalue weighted by molar-refractivity contribution is 5.41. The van der Waals surface area contributed by atoms with Gasteiger partial charge in [-0.1, -0.05) is 26.7 Å². The Morgan fingerprint density at radius 1 is 1.24 bits per heavy atom. The second-order valence-electron chi connectivity index (χ2n) is 6.27. The number of anilines is 1. The molecule has 0 spiro atoms. The zero-order chi connectivity index (χ0) is 14.9. The van der Waals surface area contributed by atoms with Gasteiger partial charge < -0.3 is 10.2 Å². The van der Waals surface area contributed by atoms with E-state index in [4.69, 9.17) is 0 Å². The largest absolute Gasteiger partial charge is 0.357 e. The third-order valence-electron chi connectivity index (χ3n) is 4.43. The molecule has 1 saturated heterocycles. The topological polar surface area (TPSA) is 28.2 Å². The minimum Gasteiger partial charge on any atom is -0.357 e. The zero-order valence-corrected chi connectivity index (χ0v) is 13.8. The summed E-state index contributed by atoms with van der Waals surface area (Å²) in [6.45, 7) is 8.88. The molecule has 1 aromatic heterocycles. The van der Waals surface area contributed by atoms with Crippen LogP contribution < -0.4 is 10.2 Å². The molecular weight excluding hydrogens is 258 g/mol. The van der Waals surface area contributed by atoms with E-state index in [1.165, 1.54) is 63.0 Å². The van der Waals surface area contributed by atoms with Crippen LogP contribution in [0.2, 0.25) is 0 Å². The highest BCUT2D eigenvalue weighted by Gasteiger charge is 2.17. The third-order valence-corrected chi connectivity index (χ3v) is 4.43. The first kappa shape index (κ1) is 16.3. The summed E-state index contributed by atoms with van der Waals surface area (Å²) in [5.74, 6) is 2.09. The maximum absolute atomic E-state index is 4.60. The Morgan fingerprint density at radius 2 is 2.14 bits per heavy atom. The Kier molecular flexibility index (Phi) is 7.01. The number of pyridine rings is 1. The number of nitrogens with zero attached hydrogens (tertiary/aromatic N) is 2. The quantitative estimate of drug-likeness (QED) is 0.769. The Morgan fingerprint density at radius 3 is 2.95 bits per heavy atom. The van der Waals surface area contributed by atoms with E-state index in [0.717, 1.165) is 19.0 Å². The molecule has 0 saturated carbocycles. The van der Waals surface area contributed by atoms with Crippen LogP contribution in [0.1, 0.15) is 57.9 Å². The van der Waals surface area contributed by atoms with Crippen molar-refractivity contribution in [3.63, 3.8) is 0 Å². The van der Waals surface area contributed by atoms with Gasteiger partial charge in [0, 0.05) is 25.8 Å². The van der Waals surface area contributed by atoms with E-state index in [0.29, 0.717) is 0 Å². The standard InChI is InChI=1S/C18H31N3/c1-3-6-16-7-5-12-21(13-9-16)18-14-17(8-11-20-18)15-19-10-4-2/h8,11,14,16,19H,3-7,9-10,12-13,15H2,1-2H3. The van der Waals surface area contributed by atoms with E-state index in [1.807, 2.05) is 6.20 Å². The average molecular weight is 289 g/mol. The van der Waals surface area contributed by atoms with Gasteiger partial charge in [-0.25, -0.2) is 4.98 Å². The molecule has 0 amide bonds. The first-order chi connectivity index (χ1) is 10.3. The number of aromatic nitrogens is 1. The highest BCUT2D eigenvalue weighted by atomic mass is 15.2. The summed E-state index contributed by atoms with van der Waals surface area (Å²) in [4.78, 5) is 7.09. The summed E-state index contributed by atoms with van der Waals surface area (Å²) < 4.78 is 0. The smallest absolute Gasteiger partial charge is 0.128 e. The number of hydrogen-bond donors (Lipinski definition) is 1. The number of nitrogens with one attached hydrogen (secondary N) is 1. The first-order valence-corrected chi connectivity index (χ1v) is 8.74. The van der Waals surface area contributed by atoms with Crippen LogP contribution in [0.3, 0.4) is 0 Å². The Labute approximate surface area is 130 Å².